The summed E-state index contributed by atoms with van der Waals surface area (Å²) in [5.41, 5.74) is 3.49. The predicted molar refractivity (Wildman–Crippen MR) is 131 cm³/mol. The van der Waals surface area contributed by atoms with Crippen molar-refractivity contribution in [3.63, 3.8) is 0 Å². The molecule has 0 spiro atoms. The highest BCUT2D eigenvalue weighted by Crippen LogP contribution is 2.68. The summed E-state index contributed by atoms with van der Waals surface area (Å²) in [6, 6.07) is 0.603. The molecular weight excluding hydrogens is 396 g/mol. The SMILES string of the molecule is CC(=O)N[C@@H](C)[C@H]1[C@H](O)C[C@@]2(C)[C@@H]3CCC4C(=CC3=CC[C@]12C)CC[C@H](N(C)C)C4(C)C. The first-order chi connectivity index (χ1) is 14.8. The van der Waals surface area contributed by atoms with E-state index in [0.29, 0.717) is 17.9 Å². The van der Waals surface area contributed by atoms with Crippen molar-refractivity contribution >= 4 is 5.91 Å². The van der Waals surface area contributed by atoms with Crippen LogP contribution < -0.4 is 5.32 Å². The number of aliphatic hydroxyl groups is 1. The molecule has 8 atom stereocenters. The van der Waals surface area contributed by atoms with E-state index >= 15 is 0 Å². The Hall–Kier alpha value is -1.13. The van der Waals surface area contributed by atoms with Gasteiger partial charge in [-0.05, 0) is 93.2 Å². The van der Waals surface area contributed by atoms with Crippen molar-refractivity contribution in [1.82, 2.24) is 10.2 Å². The molecule has 2 fully saturated rings. The fourth-order valence-corrected chi connectivity index (χ4v) is 9.05. The van der Waals surface area contributed by atoms with Gasteiger partial charge in [-0.25, -0.2) is 0 Å². The lowest BCUT2D eigenvalue weighted by Crippen LogP contribution is -2.51. The number of rotatable bonds is 3. The lowest BCUT2D eigenvalue weighted by Gasteiger charge is -2.53. The third-order valence-electron chi connectivity index (χ3n) is 10.6. The smallest absolute Gasteiger partial charge is 0.217 e. The number of fused-ring (bicyclic) bond motifs is 4. The van der Waals surface area contributed by atoms with Crippen molar-refractivity contribution in [1.29, 1.82) is 0 Å². The van der Waals surface area contributed by atoms with Crippen LogP contribution in [0.5, 0.6) is 0 Å². The van der Waals surface area contributed by atoms with Crippen LogP contribution in [0.3, 0.4) is 0 Å². The monoisotopic (exact) mass is 442 g/mol. The predicted octanol–water partition coefficient (Wildman–Crippen LogP) is 4.94. The van der Waals surface area contributed by atoms with Gasteiger partial charge in [0.1, 0.15) is 0 Å². The second kappa shape index (κ2) is 7.98. The second-order valence-corrected chi connectivity index (χ2v) is 12.8. The summed E-state index contributed by atoms with van der Waals surface area (Å²) in [7, 11) is 4.48. The molecule has 0 saturated heterocycles. The summed E-state index contributed by atoms with van der Waals surface area (Å²) in [4.78, 5) is 14.2. The molecule has 2 saturated carbocycles. The van der Waals surface area contributed by atoms with Gasteiger partial charge < -0.3 is 15.3 Å². The van der Waals surface area contributed by atoms with E-state index in [1.807, 2.05) is 0 Å². The topological polar surface area (TPSA) is 52.6 Å². The highest BCUT2D eigenvalue weighted by molar-refractivity contribution is 5.73. The standard InChI is InChI=1S/C28H46N2O2/c1-17(29-18(2)31)25-23(32)16-28(6)22-11-10-21-19(15-20(22)13-14-27(25,28)5)9-12-24(30(7)8)26(21,3)4/h13,15,17,21-25,32H,9-12,14,16H2,1-8H3,(H,29,31)/t17-,21?,22+,23+,24-,25-,27+,28-/m0/s1. The van der Waals surface area contributed by atoms with Crippen molar-refractivity contribution in [2.75, 3.05) is 14.1 Å². The molecular formula is C28H46N2O2. The van der Waals surface area contributed by atoms with Crippen LogP contribution in [-0.2, 0) is 4.79 Å². The molecule has 1 unspecified atom stereocenters. The van der Waals surface area contributed by atoms with Crippen molar-refractivity contribution in [2.45, 2.75) is 98.3 Å². The van der Waals surface area contributed by atoms with Crippen LogP contribution in [0.25, 0.3) is 0 Å². The van der Waals surface area contributed by atoms with E-state index in [0.717, 1.165) is 12.8 Å². The number of allylic oxidation sites excluding steroid dienone is 4. The van der Waals surface area contributed by atoms with Crippen LogP contribution in [-0.4, -0.2) is 48.2 Å². The summed E-state index contributed by atoms with van der Waals surface area (Å²) >= 11 is 0. The van der Waals surface area contributed by atoms with E-state index in [2.05, 4.69) is 71.1 Å². The van der Waals surface area contributed by atoms with Gasteiger partial charge >= 0.3 is 0 Å². The van der Waals surface area contributed by atoms with E-state index in [-0.39, 0.29) is 40.2 Å². The molecule has 4 aliphatic carbocycles. The molecule has 180 valence electrons. The van der Waals surface area contributed by atoms with E-state index in [4.69, 9.17) is 0 Å². The van der Waals surface area contributed by atoms with Gasteiger partial charge in [0.15, 0.2) is 0 Å². The number of carbonyl (C=O) groups is 1. The molecule has 4 rings (SSSR count). The Morgan fingerprint density at radius 1 is 1.12 bits per heavy atom. The Labute approximate surface area is 195 Å². The molecule has 0 bridgehead atoms. The van der Waals surface area contributed by atoms with Gasteiger partial charge in [-0.3, -0.25) is 4.79 Å². The molecule has 32 heavy (non-hydrogen) atoms. The Kier molecular flexibility index (Phi) is 5.98. The van der Waals surface area contributed by atoms with Crippen LogP contribution in [0.2, 0.25) is 0 Å². The number of hydrogen-bond donors (Lipinski definition) is 2. The third kappa shape index (κ3) is 3.43. The van der Waals surface area contributed by atoms with Gasteiger partial charge in [-0.2, -0.15) is 0 Å². The minimum Gasteiger partial charge on any atom is -0.393 e. The maximum Gasteiger partial charge on any atom is 0.217 e. The number of nitrogens with zero attached hydrogens (tertiary/aromatic N) is 1. The number of amides is 1. The van der Waals surface area contributed by atoms with Gasteiger partial charge in [-0.1, -0.05) is 45.4 Å². The minimum absolute atomic E-state index is 0.00473. The average molecular weight is 443 g/mol. The summed E-state index contributed by atoms with van der Waals surface area (Å²) in [5, 5.41) is 14.4. The third-order valence-corrected chi connectivity index (χ3v) is 10.6. The van der Waals surface area contributed by atoms with Crippen LogP contribution in [0.4, 0.5) is 0 Å². The van der Waals surface area contributed by atoms with Gasteiger partial charge in [0.25, 0.3) is 0 Å². The van der Waals surface area contributed by atoms with Gasteiger partial charge in [-0.15, -0.1) is 0 Å². The van der Waals surface area contributed by atoms with E-state index in [1.54, 1.807) is 12.5 Å². The first-order valence-electron chi connectivity index (χ1n) is 12.8. The molecule has 4 nitrogen and oxygen atoms in total. The molecule has 0 aliphatic heterocycles. The van der Waals surface area contributed by atoms with Crippen molar-refractivity contribution < 1.29 is 9.90 Å². The number of nitrogens with one attached hydrogen (secondary N) is 1. The normalized spacial score (nSPS) is 43.9. The van der Waals surface area contributed by atoms with Crippen LogP contribution >= 0.6 is 0 Å². The lowest BCUT2D eigenvalue weighted by molar-refractivity contribution is -0.120. The molecule has 0 radical (unpaired) electrons. The van der Waals surface area contributed by atoms with Crippen molar-refractivity contribution in [3.05, 3.63) is 23.3 Å². The molecule has 0 aromatic rings. The first kappa shape index (κ1) is 24.0. The number of hydrogen-bond acceptors (Lipinski definition) is 3. The second-order valence-electron chi connectivity index (χ2n) is 12.8. The fraction of sp³-hybridized carbons (Fsp3) is 0.821. The highest BCUT2D eigenvalue weighted by Gasteiger charge is 2.64. The summed E-state index contributed by atoms with van der Waals surface area (Å²) in [6.45, 7) is 13.5. The van der Waals surface area contributed by atoms with Gasteiger partial charge in [0.05, 0.1) is 6.10 Å². The summed E-state index contributed by atoms with van der Waals surface area (Å²) < 4.78 is 0. The van der Waals surface area contributed by atoms with Gasteiger partial charge in [0, 0.05) is 24.9 Å². The molecule has 4 aliphatic rings. The van der Waals surface area contributed by atoms with Crippen molar-refractivity contribution in [3.8, 4) is 0 Å². The molecule has 4 heteroatoms. The quantitative estimate of drug-likeness (QED) is 0.651. The van der Waals surface area contributed by atoms with Crippen LogP contribution in [0.15, 0.2) is 23.3 Å². The molecule has 0 aromatic heterocycles. The molecule has 0 heterocycles. The Morgan fingerprint density at radius 2 is 1.78 bits per heavy atom. The molecule has 1 amide bonds. The zero-order chi connectivity index (χ0) is 23.6. The maximum absolute atomic E-state index is 11.8. The summed E-state index contributed by atoms with van der Waals surface area (Å²) in [6.07, 6.45) is 11.4. The van der Waals surface area contributed by atoms with Crippen LogP contribution in [0.1, 0.15) is 80.1 Å². The fourth-order valence-electron chi connectivity index (χ4n) is 9.05. The summed E-state index contributed by atoms with van der Waals surface area (Å²) in [5.74, 6) is 1.19. The maximum atomic E-state index is 11.8. The Balaban J connectivity index is 1.68. The number of aliphatic hydroxyl groups excluding tert-OH is 1. The van der Waals surface area contributed by atoms with E-state index < -0.39 is 0 Å². The van der Waals surface area contributed by atoms with Crippen molar-refractivity contribution in [2.24, 2.45) is 34.0 Å². The Morgan fingerprint density at radius 3 is 2.41 bits per heavy atom. The molecule has 2 N–H and O–H groups in total. The van der Waals surface area contributed by atoms with Gasteiger partial charge in [0.2, 0.25) is 5.91 Å². The van der Waals surface area contributed by atoms with Crippen LogP contribution in [0, 0.1) is 34.0 Å². The first-order valence-corrected chi connectivity index (χ1v) is 12.8. The number of carbonyl (C=O) groups excluding carboxylic acids is 1. The highest BCUT2D eigenvalue weighted by atomic mass is 16.3. The average Bonchev–Trinajstić information content (AvgIpc) is 2.78. The zero-order valence-electron chi connectivity index (χ0n) is 21.7. The zero-order valence-corrected chi connectivity index (χ0v) is 21.7. The minimum atomic E-state index is -0.368. The largest absolute Gasteiger partial charge is 0.393 e. The van der Waals surface area contributed by atoms with E-state index in [1.165, 1.54) is 31.3 Å². The van der Waals surface area contributed by atoms with E-state index in [9.17, 15) is 9.90 Å². The molecule has 0 aromatic carbocycles. The Bertz CT molecular complexity index is 827. The lowest BCUT2D eigenvalue weighted by atomic mass is 9.51.